The molecule has 2 aromatic rings. The first-order chi connectivity index (χ1) is 13.1. The first-order valence-electron chi connectivity index (χ1n) is 8.37. The van der Waals surface area contributed by atoms with E-state index in [1.54, 1.807) is 6.92 Å². The maximum absolute atomic E-state index is 14.0. The van der Waals surface area contributed by atoms with Gasteiger partial charge in [-0.25, -0.2) is 18.7 Å². The van der Waals surface area contributed by atoms with Crippen molar-refractivity contribution >= 4 is 18.3 Å². The molecule has 0 bridgehead atoms. The van der Waals surface area contributed by atoms with Crippen LogP contribution in [-0.2, 0) is 17.5 Å². The molecule has 3 rings (SSSR count). The third kappa shape index (κ3) is 5.36. The number of alkyl halides is 4. The molecule has 2 N–H and O–H groups in total. The minimum atomic E-state index is -4.67. The van der Waals surface area contributed by atoms with Crippen molar-refractivity contribution in [2.24, 2.45) is 0 Å². The smallest absolute Gasteiger partial charge is 0.351 e. The van der Waals surface area contributed by atoms with Crippen LogP contribution >= 0.6 is 12.4 Å². The lowest BCUT2D eigenvalue weighted by Gasteiger charge is -2.13. The van der Waals surface area contributed by atoms with Gasteiger partial charge in [0.1, 0.15) is 12.0 Å². The fourth-order valence-corrected chi connectivity index (χ4v) is 2.79. The van der Waals surface area contributed by atoms with Crippen molar-refractivity contribution in [3.8, 4) is 11.3 Å². The number of rotatable bonds is 4. The van der Waals surface area contributed by atoms with Crippen molar-refractivity contribution < 1.29 is 26.7 Å². The van der Waals surface area contributed by atoms with E-state index in [0.29, 0.717) is 0 Å². The zero-order valence-corrected chi connectivity index (χ0v) is 15.8. The van der Waals surface area contributed by atoms with Crippen molar-refractivity contribution in [2.45, 2.75) is 44.3 Å². The Kier molecular flexibility index (Phi) is 7.06. The molecule has 2 aromatic heterocycles. The Morgan fingerprint density at radius 2 is 1.90 bits per heavy atom. The third-order valence-corrected chi connectivity index (χ3v) is 4.37. The zero-order chi connectivity index (χ0) is 20.5. The van der Waals surface area contributed by atoms with E-state index in [9.17, 15) is 26.7 Å². The van der Waals surface area contributed by atoms with E-state index in [-0.39, 0.29) is 42.2 Å². The Balaban J connectivity index is 0.00000300. The van der Waals surface area contributed by atoms with Gasteiger partial charge in [-0.1, -0.05) is 0 Å². The first-order valence-corrected chi connectivity index (χ1v) is 8.37. The minimum Gasteiger partial charge on any atom is -0.351 e. The summed E-state index contributed by atoms with van der Waals surface area (Å²) in [6.07, 6.45) is -3.02. The lowest BCUT2D eigenvalue weighted by atomic mass is 10.1. The Morgan fingerprint density at radius 1 is 1.24 bits per heavy atom. The molecular weight excluding hydrogens is 421 g/mol. The van der Waals surface area contributed by atoms with E-state index >= 15 is 0 Å². The van der Waals surface area contributed by atoms with E-state index in [0.717, 1.165) is 18.6 Å². The van der Waals surface area contributed by atoms with E-state index in [2.05, 4.69) is 25.6 Å². The van der Waals surface area contributed by atoms with E-state index in [1.165, 1.54) is 6.07 Å². The van der Waals surface area contributed by atoms with Crippen molar-refractivity contribution in [1.29, 1.82) is 0 Å². The summed E-state index contributed by atoms with van der Waals surface area (Å²) in [6.45, 7) is 1.43. The van der Waals surface area contributed by atoms with Crippen LogP contribution in [-0.4, -0.2) is 39.1 Å². The Bertz CT molecular complexity index is 854. The van der Waals surface area contributed by atoms with Crippen LogP contribution in [0.3, 0.4) is 0 Å². The molecule has 1 aliphatic rings. The summed E-state index contributed by atoms with van der Waals surface area (Å²) >= 11 is 0. The van der Waals surface area contributed by atoms with E-state index in [1.807, 2.05) is 0 Å². The molecule has 1 amide bonds. The van der Waals surface area contributed by atoms with Gasteiger partial charge in [-0.05, 0) is 13.0 Å². The number of hydrogen-bond donors (Lipinski definition) is 2. The van der Waals surface area contributed by atoms with Crippen molar-refractivity contribution in [3.63, 3.8) is 0 Å². The number of amides is 1. The van der Waals surface area contributed by atoms with Gasteiger partial charge in [0.25, 0.3) is 0 Å². The second-order valence-corrected chi connectivity index (χ2v) is 6.43. The molecule has 0 radical (unpaired) electrons. The molecule has 0 saturated carbocycles. The van der Waals surface area contributed by atoms with Gasteiger partial charge in [0.15, 0.2) is 0 Å². The number of carbonyl (C=O) groups is 1. The minimum absolute atomic E-state index is 0. The van der Waals surface area contributed by atoms with Gasteiger partial charge in [0, 0.05) is 42.5 Å². The monoisotopic (exact) mass is 437 g/mol. The van der Waals surface area contributed by atoms with Crippen LogP contribution in [0.25, 0.3) is 11.3 Å². The van der Waals surface area contributed by atoms with Crippen LogP contribution in [0, 0.1) is 5.82 Å². The van der Waals surface area contributed by atoms with Crippen molar-refractivity contribution in [2.75, 3.05) is 0 Å². The molecular formula is C17H17ClF5N5O. The van der Waals surface area contributed by atoms with E-state index in [4.69, 9.17) is 0 Å². The molecule has 29 heavy (non-hydrogen) atoms. The van der Waals surface area contributed by atoms with Crippen LogP contribution < -0.4 is 10.6 Å². The molecule has 158 valence electrons. The first kappa shape index (κ1) is 22.9. The molecule has 3 atom stereocenters. The topological polar surface area (TPSA) is 79.8 Å². The Labute approximate surface area is 168 Å². The lowest BCUT2D eigenvalue weighted by Crippen LogP contribution is -2.42. The molecule has 3 heterocycles. The zero-order valence-electron chi connectivity index (χ0n) is 15.0. The number of pyridine rings is 1. The van der Waals surface area contributed by atoms with Gasteiger partial charge >= 0.3 is 6.18 Å². The van der Waals surface area contributed by atoms with Crippen molar-refractivity contribution in [1.82, 2.24) is 25.6 Å². The molecule has 0 aromatic carbocycles. The highest BCUT2D eigenvalue weighted by Crippen LogP contribution is 2.27. The molecule has 0 spiro atoms. The highest BCUT2D eigenvalue weighted by molar-refractivity contribution is 5.85. The number of carbonyl (C=O) groups excluding carboxylic acids is 1. The summed E-state index contributed by atoms with van der Waals surface area (Å²) in [5.74, 6) is -2.47. The quantitative estimate of drug-likeness (QED) is 0.719. The molecule has 12 heteroatoms. The summed E-state index contributed by atoms with van der Waals surface area (Å²) in [5, 5.41) is 5.32. The Morgan fingerprint density at radius 3 is 2.45 bits per heavy atom. The number of nitrogens with one attached hydrogen (secondary N) is 2. The highest BCUT2D eigenvalue weighted by Gasteiger charge is 2.35. The second-order valence-electron chi connectivity index (χ2n) is 6.43. The molecule has 6 nitrogen and oxygen atoms in total. The number of nitrogens with zero attached hydrogens (tertiary/aromatic N) is 3. The lowest BCUT2D eigenvalue weighted by molar-refractivity contribution is -0.145. The van der Waals surface area contributed by atoms with Crippen LogP contribution in [0.4, 0.5) is 22.0 Å². The molecule has 1 aliphatic heterocycles. The van der Waals surface area contributed by atoms with Crippen molar-refractivity contribution in [3.05, 3.63) is 41.9 Å². The molecule has 0 aliphatic carbocycles. The van der Waals surface area contributed by atoms with Crippen LogP contribution in [0.2, 0.25) is 0 Å². The largest absolute Gasteiger partial charge is 0.451 e. The van der Waals surface area contributed by atoms with Gasteiger partial charge in [0.05, 0.1) is 17.9 Å². The van der Waals surface area contributed by atoms with Gasteiger partial charge < -0.3 is 10.6 Å². The Hall–Kier alpha value is -2.40. The van der Waals surface area contributed by atoms with Gasteiger partial charge in [-0.15, -0.1) is 12.4 Å². The van der Waals surface area contributed by atoms with Crippen LogP contribution in [0.5, 0.6) is 0 Å². The maximum Gasteiger partial charge on any atom is 0.451 e. The number of halogens is 6. The van der Waals surface area contributed by atoms with Gasteiger partial charge in [-0.3, -0.25) is 9.78 Å². The highest BCUT2D eigenvalue weighted by atomic mass is 35.5. The summed E-state index contributed by atoms with van der Waals surface area (Å²) in [4.78, 5) is 22.4. The number of hydrogen-bond acceptors (Lipinski definition) is 5. The normalized spacial score (nSPS) is 21.5. The van der Waals surface area contributed by atoms with Gasteiger partial charge in [0.2, 0.25) is 11.7 Å². The maximum atomic E-state index is 14.0. The van der Waals surface area contributed by atoms with Gasteiger partial charge in [-0.2, -0.15) is 13.2 Å². The summed E-state index contributed by atoms with van der Waals surface area (Å²) in [6, 6.07) is 0.127. The summed E-state index contributed by atoms with van der Waals surface area (Å²) < 4.78 is 65.1. The predicted molar refractivity (Wildman–Crippen MR) is 95.2 cm³/mol. The fourth-order valence-electron chi connectivity index (χ4n) is 2.79. The molecule has 0 unspecified atom stereocenters. The molecule has 1 saturated heterocycles. The van der Waals surface area contributed by atoms with Crippen LogP contribution in [0.1, 0.15) is 24.7 Å². The number of aromatic nitrogens is 3. The summed E-state index contributed by atoms with van der Waals surface area (Å²) in [5.41, 5.74) is 0.379. The fraction of sp³-hybridized carbons (Fsp3) is 0.412. The average Bonchev–Trinajstić information content (AvgIpc) is 2.99. The SMILES string of the molecule is C[C@H]1N[C@@H](C(=O)NCc2cc(-c3cnc(C(F)(F)F)nc3)ncc2F)C[C@H]1F.Cl. The van der Waals surface area contributed by atoms with Crippen LogP contribution in [0.15, 0.2) is 24.7 Å². The standard InChI is InChI=1S/C17H16F5N5O.ClH/c1-8-11(18)3-14(27-8)15(28)24-4-9-2-13(23-7-12(9)19)10-5-25-16(26-6-10)17(20,21)22;/h2,5-8,11,14,27H,3-4H2,1H3,(H,24,28);1H/t8-,11-,14-;/m1./s1. The van der Waals surface area contributed by atoms with E-state index < -0.39 is 42.0 Å². The molecule has 1 fully saturated rings. The average molecular weight is 438 g/mol. The predicted octanol–water partition coefficient (Wildman–Crippen LogP) is 2.82. The third-order valence-electron chi connectivity index (χ3n) is 4.37. The summed E-state index contributed by atoms with van der Waals surface area (Å²) in [7, 11) is 0. The second kappa shape index (κ2) is 8.95.